The number of aromatic amines is 2. The zero-order valence-electron chi connectivity index (χ0n) is 16.6. The van der Waals surface area contributed by atoms with E-state index in [0.29, 0.717) is 15.3 Å². The normalized spacial score (nSPS) is 10.6. The van der Waals surface area contributed by atoms with E-state index in [2.05, 4.69) is 15.5 Å². The summed E-state index contributed by atoms with van der Waals surface area (Å²) in [6, 6.07) is 13.3. The fourth-order valence-electron chi connectivity index (χ4n) is 3.10. The number of aryl methyl sites for hydroxylation is 1. The molecule has 0 radical (unpaired) electrons. The SMILES string of the molecule is CCc1cc(OCNc2cccc(-n3c(=S)[nH][nH]c3=S)c2)ccc1N(C)CC(=O)O. The molecule has 0 fully saturated rings. The molecule has 0 saturated heterocycles. The second-order valence-electron chi connectivity index (χ2n) is 6.61. The number of benzene rings is 2. The Labute approximate surface area is 184 Å². The number of carboxylic acid groups (broad SMARTS) is 1. The number of H-pyrrole nitrogens is 2. The number of rotatable bonds is 9. The molecule has 158 valence electrons. The number of anilines is 2. The number of nitrogens with one attached hydrogen (secondary N) is 3. The highest BCUT2D eigenvalue weighted by Crippen LogP contribution is 2.25. The van der Waals surface area contributed by atoms with E-state index >= 15 is 0 Å². The molecule has 10 heteroatoms. The summed E-state index contributed by atoms with van der Waals surface area (Å²) in [6.45, 7) is 2.24. The van der Waals surface area contributed by atoms with Crippen molar-refractivity contribution in [3.63, 3.8) is 0 Å². The van der Waals surface area contributed by atoms with Crippen LogP contribution in [0.5, 0.6) is 5.75 Å². The fraction of sp³-hybridized carbons (Fsp3) is 0.250. The molecule has 0 aliphatic carbocycles. The van der Waals surface area contributed by atoms with Crippen LogP contribution in [0.25, 0.3) is 5.69 Å². The Kier molecular flexibility index (Phi) is 6.91. The summed E-state index contributed by atoms with van der Waals surface area (Å²) in [7, 11) is 1.76. The summed E-state index contributed by atoms with van der Waals surface area (Å²) in [6.07, 6.45) is 0.768. The highest BCUT2D eigenvalue weighted by atomic mass is 32.1. The van der Waals surface area contributed by atoms with Crippen LogP contribution in [0, 0.1) is 9.54 Å². The lowest BCUT2D eigenvalue weighted by molar-refractivity contribution is -0.135. The van der Waals surface area contributed by atoms with Crippen molar-refractivity contribution in [2.45, 2.75) is 13.3 Å². The molecule has 8 nitrogen and oxygen atoms in total. The minimum Gasteiger partial charge on any atom is -0.480 e. The number of carbonyl (C=O) groups is 1. The van der Waals surface area contributed by atoms with Gasteiger partial charge in [0.2, 0.25) is 0 Å². The Morgan fingerprint density at radius 2 is 1.93 bits per heavy atom. The van der Waals surface area contributed by atoms with Crippen molar-refractivity contribution in [3.8, 4) is 11.4 Å². The Hall–Kier alpha value is -3.11. The molecule has 4 N–H and O–H groups in total. The van der Waals surface area contributed by atoms with E-state index < -0.39 is 5.97 Å². The van der Waals surface area contributed by atoms with Gasteiger partial charge in [-0.2, -0.15) is 0 Å². The molecule has 0 amide bonds. The van der Waals surface area contributed by atoms with Gasteiger partial charge in [-0.3, -0.25) is 19.6 Å². The van der Waals surface area contributed by atoms with Crippen molar-refractivity contribution < 1.29 is 14.6 Å². The van der Waals surface area contributed by atoms with Crippen molar-refractivity contribution in [1.82, 2.24) is 14.8 Å². The molecule has 30 heavy (non-hydrogen) atoms. The predicted octanol–water partition coefficient (Wildman–Crippen LogP) is 4.12. The third-order valence-corrected chi connectivity index (χ3v) is 5.09. The number of hydrogen-bond donors (Lipinski definition) is 4. The van der Waals surface area contributed by atoms with Crippen LogP contribution in [0.15, 0.2) is 42.5 Å². The maximum absolute atomic E-state index is 11.0. The number of likely N-dealkylation sites (N-methyl/N-ethyl adjacent to an activating group) is 1. The first kappa shape index (κ1) is 21.6. The summed E-state index contributed by atoms with van der Waals surface area (Å²) in [5, 5.41) is 17.9. The van der Waals surface area contributed by atoms with E-state index in [4.69, 9.17) is 34.3 Å². The molecule has 1 heterocycles. The third kappa shape index (κ3) is 5.08. The van der Waals surface area contributed by atoms with Crippen LogP contribution in [-0.4, -0.2) is 46.2 Å². The molecule has 0 aliphatic heterocycles. The Balaban J connectivity index is 1.67. The molecule has 1 aromatic heterocycles. The molecular weight excluding hydrogens is 422 g/mol. The second kappa shape index (κ2) is 9.59. The van der Waals surface area contributed by atoms with Crippen LogP contribution < -0.4 is 15.0 Å². The highest BCUT2D eigenvalue weighted by molar-refractivity contribution is 7.72. The third-order valence-electron chi connectivity index (χ3n) is 4.52. The number of ether oxygens (including phenoxy) is 1. The van der Waals surface area contributed by atoms with Crippen molar-refractivity contribution in [2.75, 3.05) is 30.5 Å². The smallest absolute Gasteiger partial charge is 0.323 e. The first-order valence-electron chi connectivity index (χ1n) is 9.31. The second-order valence-corrected chi connectivity index (χ2v) is 7.38. The van der Waals surface area contributed by atoms with Crippen LogP contribution in [0.3, 0.4) is 0 Å². The molecule has 0 unspecified atom stereocenters. The lowest BCUT2D eigenvalue weighted by atomic mass is 10.1. The van der Waals surface area contributed by atoms with Gasteiger partial charge >= 0.3 is 5.97 Å². The molecular formula is C20H23N5O3S2. The number of aliphatic carboxylic acids is 1. The molecule has 0 bridgehead atoms. The summed E-state index contributed by atoms with van der Waals surface area (Å²) in [5.74, 6) is -0.161. The minimum atomic E-state index is -0.867. The predicted molar refractivity (Wildman–Crippen MR) is 122 cm³/mol. The largest absolute Gasteiger partial charge is 0.480 e. The van der Waals surface area contributed by atoms with E-state index in [1.165, 1.54) is 0 Å². The minimum absolute atomic E-state index is 0.0555. The van der Waals surface area contributed by atoms with Crippen molar-refractivity contribution in [1.29, 1.82) is 0 Å². The summed E-state index contributed by atoms with van der Waals surface area (Å²) >= 11 is 10.5. The van der Waals surface area contributed by atoms with Gasteiger partial charge in [-0.1, -0.05) is 13.0 Å². The topological polar surface area (TPSA) is 98.3 Å². The first-order chi connectivity index (χ1) is 14.4. The van der Waals surface area contributed by atoms with Crippen LogP contribution in [0.1, 0.15) is 12.5 Å². The van der Waals surface area contributed by atoms with Gasteiger partial charge in [-0.15, -0.1) is 0 Å². The van der Waals surface area contributed by atoms with Gasteiger partial charge in [-0.25, -0.2) is 0 Å². The van der Waals surface area contributed by atoms with E-state index in [1.807, 2.05) is 49.4 Å². The zero-order valence-corrected chi connectivity index (χ0v) is 18.3. The summed E-state index contributed by atoms with van der Waals surface area (Å²) < 4.78 is 8.56. The average Bonchev–Trinajstić information content (AvgIpc) is 3.05. The van der Waals surface area contributed by atoms with Gasteiger partial charge in [0.05, 0.1) is 5.69 Å². The van der Waals surface area contributed by atoms with Gasteiger partial charge in [0.15, 0.2) is 16.3 Å². The molecule has 3 rings (SSSR count). The van der Waals surface area contributed by atoms with Gasteiger partial charge in [0, 0.05) is 18.4 Å². The van der Waals surface area contributed by atoms with Gasteiger partial charge in [0.25, 0.3) is 0 Å². The summed E-state index contributed by atoms with van der Waals surface area (Å²) in [5.41, 5.74) is 3.60. The van der Waals surface area contributed by atoms with Crippen molar-refractivity contribution in [3.05, 3.63) is 57.6 Å². The monoisotopic (exact) mass is 445 g/mol. The van der Waals surface area contributed by atoms with Crippen LogP contribution in [0.4, 0.5) is 11.4 Å². The van der Waals surface area contributed by atoms with E-state index in [9.17, 15) is 4.79 Å². The van der Waals surface area contributed by atoms with E-state index in [0.717, 1.165) is 29.0 Å². The Morgan fingerprint density at radius 3 is 2.60 bits per heavy atom. The van der Waals surface area contributed by atoms with E-state index in [-0.39, 0.29) is 13.3 Å². The zero-order chi connectivity index (χ0) is 21.7. The number of nitrogens with zero attached hydrogens (tertiary/aromatic N) is 2. The van der Waals surface area contributed by atoms with Gasteiger partial charge < -0.3 is 20.1 Å². The maximum atomic E-state index is 11.0. The van der Waals surface area contributed by atoms with Crippen LogP contribution in [-0.2, 0) is 11.2 Å². The molecule has 3 aromatic rings. The fourth-order valence-corrected chi connectivity index (χ4v) is 3.65. The van der Waals surface area contributed by atoms with Gasteiger partial charge in [-0.05, 0) is 72.8 Å². The van der Waals surface area contributed by atoms with E-state index in [1.54, 1.807) is 16.5 Å². The van der Waals surface area contributed by atoms with Crippen molar-refractivity contribution >= 4 is 41.8 Å². The van der Waals surface area contributed by atoms with Crippen molar-refractivity contribution in [2.24, 2.45) is 0 Å². The molecule has 2 aromatic carbocycles. The Bertz CT molecular complexity index is 1120. The first-order valence-corrected chi connectivity index (χ1v) is 10.1. The lowest BCUT2D eigenvalue weighted by Crippen LogP contribution is -2.26. The summed E-state index contributed by atoms with van der Waals surface area (Å²) in [4.78, 5) is 12.7. The molecule has 0 spiro atoms. The van der Waals surface area contributed by atoms with Crippen LogP contribution in [0.2, 0.25) is 0 Å². The molecule has 0 saturated carbocycles. The number of aromatic nitrogens is 3. The number of carboxylic acids is 1. The number of hydrogen-bond acceptors (Lipinski definition) is 6. The van der Waals surface area contributed by atoms with Crippen LogP contribution >= 0.6 is 24.4 Å². The average molecular weight is 446 g/mol. The van der Waals surface area contributed by atoms with Gasteiger partial charge in [0.1, 0.15) is 12.3 Å². The quantitative estimate of drug-likeness (QED) is 0.290. The molecule has 0 atom stereocenters. The lowest BCUT2D eigenvalue weighted by Gasteiger charge is -2.21. The maximum Gasteiger partial charge on any atom is 0.323 e. The highest BCUT2D eigenvalue weighted by Gasteiger charge is 2.11. The standard InChI is InChI=1S/C20H23N5O3S2/c1-3-13-9-16(7-8-17(13)24(2)11-18(26)27)28-12-21-14-5-4-6-15(10-14)25-19(29)22-23-20(25)30/h4-10,21H,3,11-12H2,1-2H3,(H,22,29)(H,23,30)(H,26,27). The molecule has 0 aliphatic rings. The Morgan fingerprint density at radius 1 is 1.20 bits per heavy atom.